The molecule has 0 saturated carbocycles. The minimum Gasteiger partial charge on any atom is -0.399 e. The van der Waals surface area contributed by atoms with Gasteiger partial charge in [-0.1, -0.05) is 13.0 Å². The lowest BCUT2D eigenvalue weighted by Crippen LogP contribution is -2.21. The molecule has 0 spiro atoms. The number of hydrogen-bond acceptors (Lipinski definition) is 3. The molecule has 94 valence electrons. The molecule has 5 heteroatoms. The molecule has 3 N–H and O–H groups in total. The number of carbonyl (C=O) groups excluding carboxylic acids is 1. The Morgan fingerprint density at radius 2 is 2.18 bits per heavy atom. The van der Waals surface area contributed by atoms with Gasteiger partial charge >= 0.3 is 0 Å². The highest BCUT2D eigenvalue weighted by molar-refractivity contribution is 7.85. The monoisotopic (exact) mass is 254 g/mol. The first-order chi connectivity index (χ1) is 8.02. The fourth-order valence-electron chi connectivity index (χ4n) is 1.41. The number of nitrogen functional groups attached to an aromatic ring is 1. The molecule has 0 fully saturated rings. The summed E-state index contributed by atoms with van der Waals surface area (Å²) in [6.45, 7) is 3.83. The zero-order valence-electron chi connectivity index (χ0n) is 10.2. The van der Waals surface area contributed by atoms with Crippen LogP contribution in [0, 0.1) is 6.92 Å². The first-order valence-electron chi connectivity index (χ1n) is 5.54. The predicted molar refractivity (Wildman–Crippen MR) is 72.4 cm³/mol. The van der Waals surface area contributed by atoms with Crippen LogP contribution in [0.5, 0.6) is 0 Å². The molecule has 1 aromatic rings. The van der Waals surface area contributed by atoms with Crippen LogP contribution in [0.4, 0.5) is 11.4 Å². The van der Waals surface area contributed by atoms with E-state index < -0.39 is 10.8 Å². The van der Waals surface area contributed by atoms with Crippen LogP contribution in [0.15, 0.2) is 18.2 Å². The molecular formula is C12H18N2O2S. The maximum atomic E-state index is 11.6. The molecule has 0 aliphatic heterocycles. The zero-order chi connectivity index (χ0) is 12.8. The summed E-state index contributed by atoms with van der Waals surface area (Å²) in [6.07, 6.45) is 0.817. The summed E-state index contributed by atoms with van der Waals surface area (Å²) in [6, 6.07) is 5.32. The molecule has 1 amide bonds. The van der Waals surface area contributed by atoms with E-state index in [1.807, 2.05) is 19.9 Å². The lowest BCUT2D eigenvalue weighted by molar-refractivity contribution is -0.113. The SMILES string of the molecule is CCCS(=O)CC(=O)Nc1cc(N)ccc1C. The average Bonchev–Trinajstić information content (AvgIpc) is 2.23. The van der Waals surface area contributed by atoms with Crippen molar-refractivity contribution in [1.29, 1.82) is 0 Å². The Labute approximate surface area is 104 Å². The Morgan fingerprint density at radius 1 is 1.47 bits per heavy atom. The lowest BCUT2D eigenvalue weighted by atomic mass is 10.2. The Morgan fingerprint density at radius 3 is 2.82 bits per heavy atom. The molecule has 1 aromatic carbocycles. The van der Waals surface area contributed by atoms with Gasteiger partial charge in [-0.3, -0.25) is 9.00 Å². The van der Waals surface area contributed by atoms with Gasteiger partial charge in [-0.25, -0.2) is 0 Å². The zero-order valence-corrected chi connectivity index (χ0v) is 11.0. The van der Waals surface area contributed by atoms with Crippen LogP contribution in [0.3, 0.4) is 0 Å². The van der Waals surface area contributed by atoms with Crippen molar-refractivity contribution in [1.82, 2.24) is 0 Å². The maximum absolute atomic E-state index is 11.6. The largest absolute Gasteiger partial charge is 0.399 e. The summed E-state index contributed by atoms with van der Waals surface area (Å²) < 4.78 is 11.4. The van der Waals surface area contributed by atoms with E-state index in [9.17, 15) is 9.00 Å². The Balaban J connectivity index is 2.62. The predicted octanol–water partition coefficient (Wildman–Crippen LogP) is 1.67. The van der Waals surface area contributed by atoms with E-state index in [1.54, 1.807) is 12.1 Å². The molecule has 0 saturated heterocycles. The smallest absolute Gasteiger partial charge is 0.236 e. The van der Waals surface area contributed by atoms with Gasteiger partial charge in [0.05, 0.1) is 0 Å². The van der Waals surface area contributed by atoms with Gasteiger partial charge in [0, 0.05) is 27.9 Å². The highest BCUT2D eigenvalue weighted by atomic mass is 32.2. The van der Waals surface area contributed by atoms with Crippen molar-refractivity contribution in [3.63, 3.8) is 0 Å². The topological polar surface area (TPSA) is 72.2 Å². The number of carbonyl (C=O) groups is 1. The van der Waals surface area contributed by atoms with Gasteiger partial charge in [0.15, 0.2) is 0 Å². The number of rotatable bonds is 5. The van der Waals surface area contributed by atoms with Crippen LogP contribution in [0.1, 0.15) is 18.9 Å². The number of nitrogens with one attached hydrogen (secondary N) is 1. The molecule has 0 aliphatic rings. The first-order valence-corrected chi connectivity index (χ1v) is 7.02. The highest BCUT2D eigenvalue weighted by Gasteiger charge is 2.09. The number of hydrogen-bond donors (Lipinski definition) is 2. The van der Waals surface area contributed by atoms with E-state index in [1.165, 1.54) is 0 Å². The molecule has 17 heavy (non-hydrogen) atoms. The second-order valence-electron chi connectivity index (χ2n) is 3.91. The molecule has 1 rings (SSSR count). The van der Waals surface area contributed by atoms with Crippen molar-refractivity contribution >= 4 is 28.1 Å². The van der Waals surface area contributed by atoms with Crippen LogP contribution in [-0.4, -0.2) is 21.6 Å². The van der Waals surface area contributed by atoms with Gasteiger partial charge in [0.2, 0.25) is 5.91 Å². The van der Waals surface area contributed by atoms with Gasteiger partial charge < -0.3 is 11.1 Å². The highest BCUT2D eigenvalue weighted by Crippen LogP contribution is 2.17. The quantitative estimate of drug-likeness (QED) is 0.785. The first kappa shape index (κ1) is 13.7. The summed E-state index contributed by atoms with van der Waals surface area (Å²) in [7, 11) is -1.08. The molecule has 1 unspecified atom stereocenters. The fourth-order valence-corrected chi connectivity index (χ4v) is 2.37. The van der Waals surface area contributed by atoms with Gasteiger partial charge in [0.1, 0.15) is 5.75 Å². The normalized spacial score (nSPS) is 12.1. The van der Waals surface area contributed by atoms with Crippen molar-refractivity contribution in [2.45, 2.75) is 20.3 Å². The molecule has 0 bridgehead atoms. The van der Waals surface area contributed by atoms with Crippen LogP contribution < -0.4 is 11.1 Å². The minimum absolute atomic E-state index is 0.0437. The third-order valence-electron chi connectivity index (χ3n) is 2.26. The second kappa shape index (κ2) is 6.39. The summed E-state index contributed by atoms with van der Waals surface area (Å²) in [5.41, 5.74) is 7.86. The molecule has 4 nitrogen and oxygen atoms in total. The number of nitrogens with two attached hydrogens (primary N) is 1. The van der Waals surface area contributed by atoms with E-state index in [-0.39, 0.29) is 11.7 Å². The lowest BCUT2D eigenvalue weighted by Gasteiger charge is -2.08. The summed E-state index contributed by atoms with van der Waals surface area (Å²) in [4.78, 5) is 11.6. The molecule has 0 heterocycles. The van der Waals surface area contributed by atoms with Gasteiger partial charge in [-0.2, -0.15) is 0 Å². The van der Waals surface area contributed by atoms with Crippen molar-refractivity contribution in [3.8, 4) is 0 Å². The van der Waals surface area contributed by atoms with Crippen molar-refractivity contribution in [2.75, 3.05) is 22.6 Å². The minimum atomic E-state index is -1.08. The second-order valence-corrected chi connectivity index (χ2v) is 5.49. The number of amides is 1. The third kappa shape index (κ3) is 4.56. The van der Waals surface area contributed by atoms with Crippen molar-refractivity contribution in [2.24, 2.45) is 0 Å². The van der Waals surface area contributed by atoms with E-state index in [4.69, 9.17) is 5.73 Å². The summed E-state index contributed by atoms with van der Waals surface area (Å²) >= 11 is 0. The van der Waals surface area contributed by atoms with E-state index in [0.29, 0.717) is 17.1 Å². The molecule has 1 atom stereocenters. The fraction of sp³-hybridized carbons (Fsp3) is 0.417. The van der Waals surface area contributed by atoms with Crippen molar-refractivity contribution in [3.05, 3.63) is 23.8 Å². The van der Waals surface area contributed by atoms with Gasteiger partial charge in [0.25, 0.3) is 0 Å². The van der Waals surface area contributed by atoms with Crippen LogP contribution in [-0.2, 0) is 15.6 Å². The number of aryl methyl sites for hydroxylation is 1. The average molecular weight is 254 g/mol. The van der Waals surface area contributed by atoms with Crippen molar-refractivity contribution < 1.29 is 9.00 Å². The van der Waals surface area contributed by atoms with E-state index in [0.717, 1.165) is 12.0 Å². The Bertz CT molecular complexity index is 433. The maximum Gasteiger partial charge on any atom is 0.236 e. The number of anilines is 2. The molecule has 0 radical (unpaired) electrons. The molecular weight excluding hydrogens is 236 g/mol. The Hall–Kier alpha value is -1.36. The molecule has 0 aliphatic carbocycles. The molecule has 0 aromatic heterocycles. The Kier molecular flexibility index (Phi) is 5.15. The van der Waals surface area contributed by atoms with Gasteiger partial charge in [-0.15, -0.1) is 0 Å². The van der Waals surface area contributed by atoms with E-state index in [2.05, 4.69) is 5.32 Å². The third-order valence-corrected chi connectivity index (χ3v) is 3.71. The summed E-state index contributed by atoms with van der Waals surface area (Å²) in [5, 5.41) is 2.73. The number of benzene rings is 1. The standard InChI is InChI=1S/C12H18N2O2S/c1-3-6-17(16)8-12(15)14-11-7-10(13)5-4-9(11)2/h4-5,7H,3,6,8,13H2,1-2H3,(H,14,15). The van der Waals surface area contributed by atoms with E-state index >= 15 is 0 Å². The van der Waals surface area contributed by atoms with Crippen LogP contribution >= 0.6 is 0 Å². The van der Waals surface area contributed by atoms with Gasteiger partial charge in [-0.05, 0) is 31.0 Å². The van der Waals surface area contributed by atoms with Crippen LogP contribution in [0.25, 0.3) is 0 Å². The summed E-state index contributed by atoms with van der Waals surface area (Å²) in [5.74, 6) is 0.372. The van der Waals surface area contributed by atoms with Crippen LogP contribution in [0.2, 0.25) is 0 Å².